The van der Waals surface area contributed by atoms with Gasteiger partial charge in [0.15, 0.2) is 5.82 Å². The number of benzene rings is 1. The van der Waals surface area contributed by atoms with Crippen LogP contribution in [0.1, 0.15) is 32.2 Å². The highest BCUT2D eigenvalue weighted by atomic mass is 32.2. The predicted molar refractivity (Wildman–Crippen MR) is 79.9 cm³/mol. The molecule has 0 saturated carbocycles. The molecule has 102 valence electrons. The minimum atomic E-state index is 0.184. The van der Waals surface area contributed by atoms with E-state index < -0.39 is 0 Å². The van der Waals surface area contributed by atoms with Gasteiger partial charge in [0, 0.05) is 10.4 Å². The number of hydrogen-bond donors (Lipinski definition) is 1. The van der Waals surface area contributed by atoms with Crippen LogP contribution in [0.2, 0.25) is 0 Å². The minimum Gasteiger partial charge on any atom is -0.398 e. The van der Waals surface area contributed by atoms with Crippen LogP contribution in [0.3, 0.4) is 0 Å². The van der Waals surface area contributed by atoms with E-state index in [0.717, 1.165) is 16.9 Å². The number of nitrogens with two attached hydrogens (primary N) is 1. The van der Waals surface area contributed by atoms with E-state index in [1.807, 2.05) is 25.1 Å². The van der Waals surface area contributed by atoms with Gasteiger partial charge < -0.3 is 10.3 Å². The smallest absolute Gasteiger partial charge is 0.260 e. The topological polar surface area (TPSA) is 64.9 Å². The van der Waals surface area contributed by atoms with Crippen molar-refractivity contribution in [2.75, 3.05) is 5.73 Å². The van der Waals surface area contributed by atoms with Crippen LogP contribution in [0, 0.1) is 6.92 Å². The van der Waals surface area contributed by atoms with E-state index in [-0.39, 0.29) is 4.75 Å². The van der Waals surface area contributed by atoms with E-state index in [2.05, 4.69) is 30.9 Å². The van der Waals surface area contributed by atoms with Crippen LogP contribution in [-0.2, 0) is 5.75 Å². The Balaban J connectivity index is 2.19. The van der Waals surface area contributed by atoms with Crippen molar-refractivity contribution in [3.05, 3.63) is 29.6 Å². The predicted octanol–water partition coefficient (Wildman–Crippen LogP) is 3.66. The molecular formula is C14H19N3OS. The highest BCUT2D eigenvalue weighted by Crippen LogP contribution is 2.29. The maximum atomic E-state index is 5.94. The summed E-state index contributed by atoms with van der Waals surface area (Å²) in [6.07, 6.45) is 0. The second-order valence-corrected chi connectivity index (χ2v) is 7.31. The molecule has 1 heterocycles. The summed E-state index contributed by atoms with van der Waals surface area (Å²) in [5.41, 5.74) is 8.52. The number of nitrogens with zero attached hydrogens (tertiary/aromatic N) is 2. The number of rotatable bonds is 3. The molecule has 1 aromatic heterocycles. The van der Waals surface area contributed by atoms with Gasteiger partial charge >= 0.3 is 0 Å². The zero-order valence-corrected chi connectivity index (χ0v) is 12.5. The number of thioether (sulfide) groups is 1. The Morgan fingerprint density at radius 2 is 2.05 bits per heavy atom. The van der Waals surface area contributed by atoms with Crippen molar-refractivity contribution in [2.24, 2.45) is 0 Å². The summed E-state index contributed by atoms with van der Waals surface area (Å²) < 4.78 is 5.48. The van der Waals surface area contributed by atoms with Gasteiger partial charge in [-0.05, 0) is 19.1 Å². The monoisotopic (exact) mass is 277 g/mol. The van der Waals surface area contributed by atoms with Crippen molar-refractivity contribution < 1.29 is 4.52 Å². The van der Waals surface area contributed by atoms with Gasteiger partial charge in [-0.1, -0.05) is 37.6 Å². The third-order valence-electron chi connectivity index (χ3n) is 2.54. The van der Waals surface area contributed by atoms with E-state index >= 15 is 0 Å². The molecule has 19 heavy (non-hydrogen) atoms. The first-order valence-corrected chi connectivity index (χ1v) is 7.17. The Morgan fingerprint density at radius 3 is 2.74 bits per heavy atom. The molecule has 2 N–H and O–H groups in total. The van der Waals surface area contributed by atoms with Crippen molar-refractivity contribution >= 4 is 17.4 Å². The van der Waals surface area contributed by atoms with E-state index in [0.29, 0.717) is 17.4 Å². The van der Waals surface area contributed by atoms with Crippen LogP contribution < -0.4 is 5.73 Å². The molecule has 1 aromatic carbocycles. The molecule has 0 saturated heterocycles. The normalized spacial score (nSPS) is 11.8. The first-order valence-electron chi connectivity index (χ1n) is 6.18. The number of hydrogen-bond acceptors (Lipinski definition) is 5. The third-order valence-corrected chi connectivity index (χ3v) is 3.81. The quantitative estimate of drug-likeness (QED) is 0.867. The van der Waals surface area contributed by atoms with Crippen molar-refractivity contribution in [1.82, 2.24) is 10.1 Å². The highest BCUT2D eigenvalue weighted by Gasteiger charge is 2.15. The lowest BCUT2D eigenvalue weighted by molar-refractivity contribution is 0.425. The Bertz CT molecular complexity index is 572. The van der Waals surface area contributed by atoms with Crippen molar-refractivity contribution in [1.29, 1.82) is 0 Å². The van der Waals surface area contributed by atoms with Gasteiger partial charge in [0.2, 0.25) is 0 Å². The molecule has 4 nitrogen and oxygen atoms in total. The van der Waals surface area contributed by atoms with Crippen LogP contribution in [-0.4, -0.2) is 14.9 Å². The Hall–Kier alpha value is -1.49. The molecule has 2 rings (SSSR count). The molecule has 0 radical (unpaired) electrons. The molecule has 5 heteroatoms. The molecule has 0 aliphatic rings. The van der Waals surface area contributed by atoms with Crippen LogP contribution in [0.4, 0.5) is 5.69 Å². The fourth-order valence-electron chi connectivity index (χ4n) is 1.56. The van der Waals surface area contributed by atoms with E-state index in [9.17, 15) is 0 Å². The van der Waals surface area contributed by atoms with Gasteiger partial charge in [-0.2, -0.15) is 4.98 Å². The molecule has 0 unspecified atom stereocenters. The molecule has 2 aromatic rings. The third kappa shape index (κ3) is 3.73. The van der Waals surface area contributed by atoms with Gasteiger partial charge in [0.05, 0.1) is 11.3 Å². The summed E-state index contributed by atoms with van der Waals surface area (Å²) in [6, 6.07) is 5.79. The van der Waals surface area contributed by atoms with E-state index in [4.69, 9.17) is 10.3 Å². The van der Waals surface area contributed by atoms with Crippen molar-refractivity contribution in [2.45, 2.75) is 38.2 Å². The molecule has 0 aliphatic carbocycles. The molecule has 0 atom stereocenters. The minimum absolute atomic E-state index is 0.184. The average molecular weight is 277 g/mol. The average Bonchev–Trinajstić information content (AvgIpc) is 2.77. The lowest BCUT2D eigenvalue weighted by atomic mass is 10.1. The molecule has 0 fully saturated rings. The van der Waals surface area contributed by atoms with Crippen LogP contribution in [0.5, 0.6) is 0 Å². The Kier molecular flexibility index (Phi) is 3.85. The van der Waals surface area contributed by atoms with Crippen molar-refractivity contribution in [3.63, 3.8) is 0 Å². The highest BCUT2D eigenvalue weighted by molar-refractivity contribution is 7.99. The summed E-state index contributed by atoms with van der Waals surface area (Å²) in [5, 5.41) is 4.00. The summed E-state index contributed by atoms with van der Waals surface area (Å²) in [5.74, 6) is 1.93. The maximum Gasteiger partial charge on any atom is 0.260 e. The SMILES string of the molecule is Cc1ccc(N)c(-c2nc(CSC(C)(C)C)no2)c1. The number of aryl methyl sites for hydroxylation is 1. The summed E-state index contributed by atoms with van der Waals surface area (Å²) in [7, 11) is 0. The molecule has 0 amide bonds. The largest absolute Gasteiger partial charge is 0.398 e. The molecular weight excluding hydrogens is 258 g/mol. The second-order valence-electron chi connectivity index (χ2n) is 5.51. The number of nitrogen functional groups attached to an aromatic ring is 1. The molecule has 0 bridgehead atoms. The van der Waals surface area contributed by atoms with E-state index in [1.165, 1.54) is 0 Å². The summed E-state index contributed by atoms with van der Waals surface area (Å²) in [4.78, 5) is 4.41. The zero-order chi connectivity index (χ0) is 14.0. The maximum absolute atomic E-state index is 5.94. The van der Waals surface area contributed by atoms with Crippen LogP contribution in [0.25, 0.3) is 11.5 Å². The standard InChI is InChI=1S/C14H19N3OS/c1-9-5-6-11(15)10(7-9)13-16-12(17-18-13)8-19-14(2,3)4/h5-7H,8,15H2,1-4H3. The van der Waals surface area contributed by atoms with Gasteiger partial charge in [0.25, 0.3) is 5.89 Å². The van der Waals surface area contributed by atoms with Gasteiger partial charge in [-0.25, -0.2) is 0 Å². The first kappa shape index (κ1) is 13.9. The summed E-state index contributed by atoms with van der Waals surface area (Å²) >= 11 is 1.79. The fourth-order valence-corrected chi connectivity index (χ4v) is 2.24. The Morgan fingerprint density at radius 1 is 1.32 bits per heavy atom. The van der Waals surface area contributed by atoms with Gasteiger partial charge in [-0.15, -0.1) is 11.8 Å². The number of aromatic nitrogens is 2. The van der Waals surface area contributed by atoms with Gasteiger partial charge in [0.1, 0.15) is 0 Å². The van der Waals surface area contributed by atoms with Crippen molar-refractivity contribution in [3.8, 4) is 11.5 Å². The lowest BCUT2D eigenvalue weighted by Crippen LogP contribution is -2.07. The zero-order valence-electron chi connectivity index (χ0n) is 11.7. The van der Waals surface area contributed by atoms with E-state index in [1.54, 1.807) is 11.8 Å². The lowest BCUT2D eigenvalue weighted by Gasteiger charge is -2.15. The van der Waals surface area contributed by atoms with Crippen LogP contribution in [0.15, 0.2) is 22.7 Å². The number of anilines is 1. The second kappa shape index (κ2) is 5.25. The molecule has 0 aliphatic heterocycles. The Labute approximate surface area is 117 Å². The van der Waals surface area contributed by atoms with Crippen LogP contribution >= 0.6 is 11.8 Å². The first-order chi connectivity index (χ1) is 8.85. The molecule has 0 spiro atoms. The summed E-state index contributed by atoms with van der Waals surface area (Å²) in [6.45, 7) is 8.50. The fraction of sp³-hybridized carbons (Fsp3) is 0.429. The van der Waals surface area contributed by atoms with Gasteiger partial charge in [-0.3, -0.25) is 0 Å².